The van der Waals surface area contributed by atoms with Crippen LogP contribution in [0.2, 0.25) is 0 Å². The van der Waals surface area contributed by atoms with Crippen molar-refractivity contribution >= 4 is 5.82 Å². The Morgan fingerprint density at radius 1 is 1.50 bits per heavy atom. The lowest BCUT2D eigenvalue weighted by molar-refractivity contribution is 0.685. The van der Waals surface area contributed by atoms with E-state index >= 15 is 0 Å². The molecule has 2 N–H and O–H groups in total. The zero-order valence-electron chi connectivity index (χ0n) is 9.41. The van der Waals surface area contributed by atoms with Crippen LogP contribution < -0.4 is 10.6 Å². The largest absolute Gasteiger partial charge is 0.355 e. The van der Waals surface area contributed by atoms with Gasteiger partial charge in [0.25, 0.3) is 0 Å². The van der Waals surface area contributed by atoms with E-state index in [0.29, 0.717) is 12.6 Å². The van der Waals surface area contributed by atoms with Crippen LogP contribution in [0.3, 0.4) is 0 Å². The summed E-state index contributed by atoms with van der Waals surface area (Å²) in [4.78, 5) is 6.54. The molecule has 1 heterocycles. The Morgan fingerprint density at radius 2 is 2.14 bits per heavy atom. The van der Waals surface area contributed by atoms with Crippen LogP contribution in [0.4, 0.5) is 5.82 Å². The molecule has 1 atom stereocenters. The molecule has 0 bridgehead atoms. The first-order valence-electron chi connectivity index (χ1n) is 4.92. The predicted molar refractivity (Wildman–Crippen MR) is 60.6 cm³/mol. The molecule has 0 aromatic carbocycles. The highest BCUT2D eigenvalue weighted by Gasteiger charge is 2.11. The first-order chi connectivity index (χ1) is 6.56. The first kappa shape index (κ1) is 11.0. The molecule has 0 saturated carbocycles. The van der Waals surface area contributed by atoms with Crippen molar-refractivity contribution in [3.05, 3.63) is 23.4 Å². The topological polar surface area (TPSA) is 42.2 Å². The van der Waals surface area contributed by atoms with Crippen molar-refractivity contribution in [2.24, 2.45) is 5.73 Å². The number of anilines is 1. The SMILES string of the molecule is Cc1cnc(N(C)C(C)CN)c(C)c1. The molecule has 0 radical (unpaired) electrons. The minimum Gasteiger partial charge on any atom is -0.355 e. The van der Waals surface area contributed by atoms with Gasteiger partial charge in [-0.05, 0) is 31.9 Å². The van der Waals surface area contributed by atoms with Crippen LogP contribution in [0, 0.1) is 13.8 Å². The molecule has 14 heavy (non-hydrogen) atoms. The molecule has 3 nitrogen and oxygen atoms in total. The van der Waals surface area contributed by atoms with E-state index in [1.54, 1.807) is 0 Å². The second-order valence-corrected chi connectivity index (χ2v) is 3.85. The number of aryl methyl sites for hydroxylation is 2. The van der Waals surface area contributed by atoms with E-state index in [-0.39, 0.29) is 0 Å². The molecule has 78 valence electrons. The minimum absolute atomic E-state index is 0.323. The Bertz CT molecular complexity index is 309. The van der Waals surface area contributed by atoms with Gasteiger partial charge in [0, 0.05) is 25.8 Å². The average Bonchev–Trinajstić information content (AvgIpc) is 2.15. The molecular formula is C11H19N3. The molecule has 3 heteroatoms. The van der Waals surface area contributed by atoms with Crippen molar-refractivity contribution in [1.29, 1.82) is 0 Å². The molecule has 1 unspecified atom stereocenters. The smallest absolute Gasteiger partial charge is 0.131 e. The molecular weight excluding hydrogens is 174 g/mol. The van der Waals surface area contributed by atoms with Crippen LogP contribution in [-0.2, 0) is 0 Å². The Balaban J connectivity index is 2.95. The van der Waals surface area contributed by atoms with Crippen LogP contribution >= 0.6 is 0 Å². The van der Waals surface area contributed by atoms with Gasteiger partial charge in [0.2, 0.25) is 0 Å². The summed E-state index contributed by atoms with van der Waals surface area (Å²) in [6.45, 7) is 6.87. The summed E-state index contributed by atoms with van der Waals surface area (Å²) >= 11 is 0. The zero-order chi connectivity index (χ0) is 10.7. The highest BCUT2D eigenvalue weighted by Crippen LogP contribution is 2.17. The van der Waals surface area contributed by atoms with Crippen molar-refractivity contribution in [2.45, 2.75) is 26.8 Å². The lowest BCUT2D eigenvalue weighted by Gasteiger charge is -2.26. The summed E-state index contributed by atoms with van der Waals surface area (Å²) in [6.07, 6.45) is 1.89. The van der Waals surface area contributed by atoms with Gasteiger partial charge in [-0.2, -0.15) is 0 Å². The molecule has 1 aromatic rings. The third kappa shape index (κ3) is 2.23. The highest BCUT2D eigenvalue weighted by molar-refractivity contribution is 5.47. The monoisotopic (exact) mass is 193 g/mol. The van der Waals surface area contributed by atoms with E-state index in [2.05, 4.69) is 36.7 Å². The van der Waals surface area contributed by atoms with E-state index < -0.39 is 0 Å². The summed E-state index contributed by atoms with van der Waals surface area (Å²) < 4.78 is 0. The first-order valence-corrected chi connectivity index (χ1v) is 4.92. The Morgan fingerprint density at radius 3 is 2.64 bits per heavy atom. The van der Waals surface area contributed by atoms with Gasteiger partial charge in [-0.25, -0.2) is 4.98 Å². The minimum atomic E-state index is 0.323. The van der Waals surface area contributed by atoms with Gasteiger partial charge in [0.15, 0.2) is 0 Å². The van der Waals surface area contributed by atoms with E-state index in [4.69, 9.17) is 5.73 Å². The van der Waals surface area contributed by atoms with Crippen molar-refractivity contribution in [3.63, 3.8) is 0 Å². The lowest BCUT2D eigenvalue weighted by Crippen LogP contribution is -2.36. The molecule has 1 aromatic heterocycles. The highest BCUT2D eigenvalue weighted by atomic mass is 15.2. The fraction of sp³-hybridized carbons (Fsp3) is 0.545. The van der Waals surface area contributed by atoms with Crippen molar-refractivity contribution in [2.75, 3.05) is 18.5 Å². The van der Waals surface area contributed by atoms with Crippen molar-refractivity contribution < 1.29 is 0 Å². The third-order valence-corrected chi connectivity index (χ3v) is 2.52. The van der Waals surface area contributed by atoms with Gasteiger partial charge in [-0.1, -0.05) is 6.07 Å². The Hall–Kier alpha value is -1.09. The Labute approximate surface area is 85.9 Å². The van der Waals surface area contributed by atoms with Gasteiger partial charge in [-0.15, -0.1) is 0 Å². The van der Waals surface area contributed by atoms with E-state index in [1.165, 1.54) is 11.1 Å². The summed E-state index contributed by atoms with van der Waals surface area (Å²) in [5.74, 6) is 1.02. The number of nitrogens with two attached hydrogens (primary N) is 1. The number of pyridine rings is 1. The van der Waals surface area contributed by atoms with Crippen molar-refractivity contribution in [3.8, 4) is 0 Å². The summed E-state index contributed by atoms with van der Waals surface area (Å²) in [5.41, 5.74) is 8.02. The fourth-order valence-electron chi connectivity index (χ4n) is 1.44. The van der Waals surface area contributed by atoms with Gasteiger partial charge in [-0.3, -0.25) is 0 Å². The molecule has 0 fully saturated rings. The number of hydrogen-bond donors (Lipinski definition) is 1. The number of aromatic nitrogens is 1. The van der Waals surface area contributed by atoms with Crippen LogP contribution in [0.5, 0.6) is 0 Å². The van der Waals surface area contributed by atoms with Crippen LogP contribution in [0.1, 0.15) is 18.1 Å². The normalized spacial score (nSPS) is 12.6. The molecule has 0 aliphatic carbocycles. The molecule has 0 aliphatic heterocycles. The molecule has 0 spiro atoms. The third-order valence-electron chi connectivity index (χ3n) is 2.52. The van der Waals surface area contributed by atoms with Gasteiger partial charge >= 0.3 is 0 Å². The predicted octanol–water partition coefficient (Wildman–Crippen LogP) is 1.48. The maximum absolute atomic E-state index is 5.62. The second-order valence-electron chi connectivity index (χ2n) is 3.85. The Kier molecular flexibility index (Phi) is 3.47. The van der Waals surface area contributed by atoms with Crippen LogP contribution in [0.15, 0.2) is 12.3 Å². The van der Waals surface area contributed by atoms with E-state index in [0.717, 1.165) is 5.82 Å². The number of likely N-dealkylation sites (N-methyl/N-ethyl adjacent to an activating group) is 1. The zero-order valence-corrected chi connectivity index (χ0v) is 9.41. The number of hydrogen-bond acceptors (Lipinski definition) is 3. The quantitative estimate of drug-likeness (QED) is 0.790. The lowest BCUT2D eigenvalue weighted by atomic mass is 10.2. The summed E-state index contributed by atoms with van der Waals surface area (Å²) in [6, 6.07) is 2.46. The van der Waals surface area contributed by atoms with E-state index in [1.807, 2.05) is 13.2 Å². The average molecular weight is 193 g/mol. The van der Waals surface area contributed by atoms with Crippen LogP contribution in [0.25, 0.3) is 0 Å². The molecule has 0 aliphatic rings. The molecule has 0 amide bonds. The van der Waals surface area contributed by atoms with Gasteiger partial charge in [0.1, 0.15) is 5.82 Å². The van der Waals surface area contributed by atoms with Crippen molar-refractivity contribution in [1.82, 2.24) is 4.98 Å². The van der Waals surface area contributed by atoms with E-state index in [9.17, 15) is 0 Å². The summed E-state index contributed by atoms with van der Waals surface area (Å²) in [7, 11) is 2.03. The van der Waals surface area contributed by atoms with Crippen LogP contribution in [-0.4, -0.2) is 24.6 Å². The number of nitrogens with zero attached hydrogens (tertiary/aromatic N) is 2. The molecule has 0 saturated heterocycles. The second kappa shape index (κ2) is 4.42. The number of rotatable bonds is 3. The standard InChI is InChI=1S/C11H19N3/c1-8-5-9(2)11(13-7-8)14(4)10(3)6-12/h5,7,10H,6,12H2,1-4H3. The van der Waals surface area contributed by atoms with Gasteiger partial charge in [0.05, 0.1) is 0 Å². The maximum atomic E-state index is 5.62. The molecule has 1 rings (SSSR count). The fourth-order valence-corrected chi connectivity index (χ4v) is 1.44. The van der Waals surface area contributed by atoms with Gasteiger partial charge < -0.3 is 10.6 Å². The maximum Gasteiger partial charge on any atom is 0.131 e. The summed E-state index contributed by atoms with van der Waals surface area (Å²) in [5, 5.41) is 0.